The molecule has 0 aromatic carbocycles. The first-order valence-electron chi connectivity index (χ1n) is 13.8. The number of aromatic nitrogens is 3. The molecule has 3 aromatic rings. The van der Waals surface area contributed by atoms with Gasteiger partial charge in [-0.3, -0.25) is 9.69 Å². The number of rotatable bonds is 8. The van der Waals surface area contributed by atoms with Crippen LogP contribution in [0.25, 0.3) is 26.3 Å². The van der Waals surface area contributed by atoms with Crippen LogP contribution in [0.1, 0.15) is 35.3 Å². The first-order valence-corrected chi connectivity index (χ1v) is 16.6. The van der Waals surface area contributed by atoms with E-state index in [4.69, 9.17) is 21.3 Å². The molecule has 5 rings (SSSR count). The number of piperazine rings is 1. The topological polar surface area (TPSA) is 113 Å². The van der Waals surface area contributed by atoms with E-state index in [1.807, 2.05) is 6.07 Å². The largest absolute Gasteiger partial charge is 0.481 e. The van der Waals surface area contributed by atoms with Crippen molar-refractivity contribution in [3.05, 3.63) is 39.7 Å². The van der Waals surface area contributed by atoms with E-state index in [-0.39, 0.29) is 24.1 Å². The van der Waals surface area contributed by atoms with Crippen molar-refractivity contribution < 1.29 is 17.9 Å². The third kappa shape index (κ3) is 6.60. The maximum atomic E-state index is 12.2. The van der Waals surface area contributed by atoms with Crippen molar-refractivity contribution in [3.8, 4) is 17.1 Å². The zero-order chi connectivity index (χ0) is 29.1. The Balaban J connectivity index is 1.54. The third-order valence-electron chi connectivity index (χ3n) is 7.59. The van der Waals surface area contributed by atoms with Crippen LogP contribution < -0.4 is 9.64 Å². The van der Waals surface area contributed by atoms with Crippen LogP contribution in [0.3, 0.4) is 0 Å². The molecule has 0 atom stereocenters. The number of thiophene rings is 1. The number of amides is 1. The normalized spacial score (nSPS) is 16.6. The van der Waals surface area contributed by atoms with Gasteiger partial charge in [-0.1, -0.05) is 0 Å². The van der Waals surface area contributed by atoms with Gasteiger partial charge in [-0.25, -0.2) is 29.9 Å². The number of pyridine rings is 1. The number of methoxy groups -OCH3 is 1. The molecule has 0 radical (unpaired) electrons. The van der Waals surface area contributed by atoms with E-state index in [1.165, 1.54) is 19.8 Å². The monoisotopic (exact) mass is 597 g/mol. The Morgan fingerprint density at radius 1 is 1.12 bits per heavy atom. The highest BCUT2D eigenvalue weighted by atomic mass is 32.2. The molecular weight excluding hydrogens is 562 g/mol. The van der Waals surface area contributed by atoms with Gasteiger partial charge >= 0.3 is 5.91 Å². The molecule has 3 aromatic heterocycles. The highest BCUT2D eigenvalue weighted by molar-refractivity contribution is 7.89. The Morgan fingerprint density at radius 2 is 1.85 bits per heavy atom. The SMILES string of the molecule is [C-]#[N+]CC(=O)N1CCN(Cc2c(C)sc3c(-c4cnc(OC)c(CS(C)(=O)=O)c4)nc(N4CCCCC4)nc23)CC1. The van der Waals surface area contributed by atoms with Crippen LogP contribution in [-0.2, 0) is 26.9 Å². The fourth-order valence-corrected chi connectivity index (χ4v) is 7.37. The summed E-state index contributed by atoms with van der Waals surface area (Å²) in [6.45, 7) is 14.1. The lowest BCUT2D eigenvalue weighted by Crippen LogP contribution is -2.48. The highest BCUT2D eigenvalue weighted by Gasteiger charge is 2.26. The van der Waals surface area contributed by atoms with Gasteiger partial charge in [0.05, 0.1) is 28.8 Å². The minimum Gasteiger partial charge on any atom is -0.481 e. The summed E-state index contributed by atoms with van der Waals surface area (Å²) in [6.07, 6.45) is 6.26. The second-order valence-electron chi connectivity index (χ2n) is 10.7. The van der Waals surface area contributed by atoms with Crippen LogP contribution in [0.4, 0.5) is 5.95 Å². The van der Waals surface area contributed by atoms with Crippen molar-refractivity contribution in [1.29, 1.82) is 0 Å². The number of carbonyl (C=O) groups excluding carboxylic acids is 1. The number of fused-ring (bicyclic) bond motifs is 1. The van der Waals surface area contributed by atoms with Gasteiger partial charge < -0.3 is 19.4 Å². The fraction of sp³-hybridized carbons (Fsp3) is 0.536. The molecule has 2 aliphatic heterocycles. The molecule has 11 nitrogen and oxygen atoms in total. The molecule has 218 valence electrons. The van der Waals surface area contributed by atoms with Crippen molar-refractivity contribution in [2.75, 3.05) is 64.1 Å². The Bertz CT molecular complexity index is 1580. The molecule has 0 aliphatic carbocycles. The van der Waals surface area contributed by atoms with Crippen molar-refractivity contribution in [3.63, 3.8) is 0 Å². The number of piperidine rings is 1. The van der Waals surface area contributed by atoms with Gasteiger partial charge in [-0.2, -0.15) is 0 Å². The van der Waals surface area contributed by atoms with Gasteiger partial charge in [-0.15, -0.1) is 11.3 Å². The molecule has 0 saturated carbocycles. The summed E-state index contributed by atoms with van der Waals surface area (Å²) < 4.78 is 30.6. The number of hydrogen-bond donors (Lipinski definition) is 0. The number of ether oxygens (including phenoxy) is 1. The van der Waals surface area contributed by atoms with E-state index in [0.717, 1.165) is 70.9 Å². The van der Waals surface area contributed by atoms with Crippen molar-refractivity contribution >= 4 is 43.2 Å². The predicted molar refractivity (Wildman–Crippen MR) is 160 cm³/mol. The van der Waals surface area contributed by atoms with Crippen molar-refractivity contribution in [2.24, 2.45) is 0 Å². The first kappa shape index (κ1) is 29.2. The standard InChI is InChI=1S/C28H35N7O4S2/c1-19-22(17-33-10-12-34(13-11-33)23(36)16-29-2)25-26(40-19)24(31-28(32-25)35-8-6-5-7-9-35)20-14-21(18-41(4,37)38)27(39-3)30-15-20/h14-15H,5-13,16-18H2,1,3-4H3. The summed E-state index contributed by atoms with van der Waals surface area (Å²) in [5.41, 5.74) is 4.03. The van der Waals surface area contributed by atoms with E-state index >= 15 is 0 Å². The van der Waals surface area contributed by atoms with E-state index in [9.17, 15) is 13.2 Å². The molecule has 0 N–H and O–H groups in total. The van der Waals surface area contributed by atoms with Crippen molar-refractivity contribution in [1.82, 2.24) is 24.8 Å². The minimum absolute atomic E-state index is 0.0978. The molecule has 5 heterocycles. The van der Waals surface area contributed by atoms with Gasteiger partial charge in [0.25, 0.3) is 6.54 Å². The molecule has 0 spiro atoms. The Morgan fingerprint density at radius 3 is 2.51 bits per heavy atom. The van der Waals surface area contributed by atoms with Gasteiger partial charge in [0.2, 0.25) is 11.8 Å². The minimum atomic E-state index is -3.31. The maximum Gasteiger partial charge on any atom is 0.302 e. The maximum absolute atomic E-state index is 12.2. The summed E-state index contributed by atoms with van der Waals surface area (Å²) in [7, 11) is -1.82. The van der Waals surface area contributed by atoms with Crippen LogP contribution >= 0.6 is 11.3 Å². The number of sulfone groups is 1. The van der Waals surface area contributed by atoms with Crippen molar-refractivity contribution in [2.45, 2.75) is 38.5 Å². The van der Waals surface area contributed by atoms with Gasteiger partial charge in [0.15, 0.2) is 9.84 Å². The molecular formula is C28H35N7O4S2. The summed E-state index contributed by atoms with van der Waals surface area (Å²) in [5.74, 6) is 0.686. The second-order valence-corrected chi connectivity index (χ2v) is 14.0. The molecule has 0 bridgehead atoms. The fourth-order valence-electron chi connectivity index (χ4n) is 5.48. The zero-order valence-corrected chi connectivity index (χ0v) is 25.4. The Labute approximate surface area is 244 Å². The molecule has 1 amide bonds. The van der Waals surface area contributed by atoms with Crippen LogP contribution in [0, 0.1) is 13.5 Å². The number of aryl methyl sites for hydroxylation is 1. The van der Waals surface area contributed by atoms with E-state index in [0.29, 0.717) is 31.1 Å². The average molecular weight is 598 g/mol. The average Bonchev–Trinajstić information content (AvgIpc) is 3.27. The number of hydrogen-bond acceptors (Lipinski definition) is 10. The summed E-state index contributed by atoms with van der Waals surface area (Å²) in [4.78, 5) is 37.5. The number of nitrogens with zero attached hydrogens (tertiary/aromatic N) is 7. The molecule has 2 saturated heterocycles. The third-order valence-corrected chi connectivity index (χ3v) is 9.57. The van der Waals surface area contributed by atoms with Crippen LogP contribution in [0.2, 0.25) is 0 Å². The first-order chi connectivity index (χ1) is 19.7. The van der Waals surface area contributed by atoms with Crippen LogP contribution in [-0.4, -0.2) is 98.3 Å². The van der Waals surface area contributed by atoms with Gasteiger partial charge in [0.1, 0.15) is 0 Å². The molecule has 0 unspecified atom stereocenters. The molecule has 2 aliphatic rings. The Hall–Kier alpha value is -3.34. The molecule has 2 fully saturated rings. The molecule has 13 heteroatoms. The van der Waals surface area contributed by atoms with Crippen LogP contribution in [0.15, 0.2) is 12.3 Å². The lowest BCUT2D eigenvalue weighted by Gasteiger charge is -2.34. The zero-order valence-electron chi connectivity index (χ0n) is 23.7. The predicted octanol–water partition coefficient (Wildman–Crippen LogP) is 3.17. The Kier molecular flexibility index (Phi) is 8.72. The van der Waals surface area contributed by atoms with Crippen LogP contribution in [0.5, 0.6) is 5.88 Å². The number of carbonyl (C=O) groups is 1. The lowest BCUT2D eigenvalue weighted by molar-refractivity contribution is -0.130. The highest BCUT2D eigenvalue weighted by Crippen LogP contribution is 2.39. The summed E-state index contributed by atoms with van der Waals surface area (Å²) in [6, 6.07) is 1.82. The smallest absolute Gasteiger partial charge is 0.302 e. The second kappa shape index (κ2) is 12.3. The van der Waals surface area contributed by atoms with E-state index in [1.54, 1.807) is 22.4 Å². The lowest BCUT2D eigenvalue weighted by atomic mass is 10.1. The number of anilines is 1. The summed E-state index contributed by atoms with van der Waals surface area (Å²) >= 11 is 1.64. The van der Waals surface area contributed by atoms with E-state index < -0.39 is 9.84 Å². The quantitative estimate of drug-likeness (QED) is 0.361. The summed E-state index contributed by atoms with van der Waals surface area (Å²) in [5, 5.41) is 0. The van der Waals surface area contributed by atoms with Gasteiger partial charge in [0, 0.05) is 79.8 Å². The van der Waals surface area contributed by atoms with Gasteiger partial charge in [-0.05, 0) is 32.3 Å². The van der Waals surface area contributed by atoms with E-state index in [2.05, 4.69) is 26.6 Å². The molecule has 41 heavy (non-hydrogen) atoms.